The summed E-state index contributed by atoms with van der Waals surface area (Å²) in [6, 6.07) is 0.0363. The molecule has 0 fully saturated rings. The van der Waals surface area contributed by atoms with Gasteiger partial charge in [0.1, 0.15) is 0 Å². The average Bonchev–Trinajstić information content (AvgIpc) is 1.96. The van der Waals surface area contributed by atoms with E-state index in [-0.39, 0.29) is 24.7 Å². The van der Waals surface area contributed by atoms with Crippen LogP contribution in [0.15, 0.2) is 0 Å². The molecule has 12 heavy (non-hydrogen) atoms. The Hall–Kier alpha value is -0.120. The van der Waals surface area contributed by atoms with Crippen LogP contribution in [0.1, 0.15) is 27.2 Å². The van der Waals surface area contributed by atoms with Gasteiger partial charge in [0.25, 0.3) is 0 Å². The second-order valence-corrected chi connectivity index (χ2v) is 4.33. The SMILES string of the molecule is CC(C)(C)CNC(CO)CCO. The Morgan fingerprint density at radius 3 is 2.17 bits per heavy atom. The van der Waals surface area contributed by atoms with Crippen LogP contribution in [0.2, 0.25) is 0 Å². The van der Waals surface area contributed by atoms with E-state index in [4.69, 9.17) is 10.2 Å². The lowest BCUT2D eigenvalue weighted by atomic mass is 9.96. The minimum absolute atomic E-state index is 0.0363. The molecule has 0 heterocycles. The van der Waals surface area contributed by atoms with Gasteiger partial charge in [-0.05, 0) is 11.8 Å². The lowest BCUT2D eigenvalue weighted by Crippen LogP contribution is -2.38. The van der Waals surface area contributed by atoms with Crippen LogP contribution in [0.3, 0.4) is 0 Å². The summed E-state index contributed by atoms with van der Waals surface area (Å²) in [5.74, 6) is 0. The van der Waals surface area contributed by atoms with Crippen LogP contribution in [-0.2, 0) is 0 Å². The van der Waals surface area contributed by atoms with E-state index in [2.05, 4.69) is 26.1 Å². The highest BCUT2D eigenvalue weighted by atomic mass is 16.3. The lowest BCUT2D eigenvalue weighted by molar-refractivity contribution is 0.190. The van der Waals surface area contributed by atoms with E-state index in [1.807, 2.05) is 0 Å². The smallest absolute Gasteiger partial charge is 0.0585 e. The first-order valence-corrected chi connectivity index (χ1v) is 4.44. The molecule has 0 aromatic rings. The van der Waals surface area contributed by atoms with Crippen molar-refractivity contribution in [2.45, 2.75) is 33.2 Å². The summed E-state index contributed by atoms with van der Waals surface area (Å²) in [6.07, 6.45) is 0.618. The zero-order valence-electron chi connectivity index (χ0n) is 8.30. The van der Waals surface area contributed by atoms with E-state index in [0.29, 0.717) is 6.42 Å². The van der Waals surface area contributed by atoms with Crippen LogP contribution in [0.25, 0.3) is 0 Å². The summed E-state index contributed by atoms with van der Waals surface area (Å²) in [5.41, 5.74) is 0.225. The summed E-state index contributed by atoms with van der Waals surface area (Å²) in [6.45, 7) is 7.48. The van der Waals surface area contributed by atoms with Gasteiger partial charge >= 0.3 is 0 Å². The molecule has 0 amide bonds. The molecular formula is C9H21NO2. The van der Waals surface area contributed by atoms with E-state index in [0.717, 1.165) is 6.54 Å². The molecule has 3 heteroatoms. The second-order valence-electron chi connectivity index (χ2n) is 4.33. The molecule has 3 N–H and O–H groups in total. The van der Waals surface area contributed by atoms with E-state index < -0.39 is 0 Å². The third-order valence-corrected chi connectivity index (χ3v) is 1.62. The summed E-state index contributed by atoms with van der Waals surface area (Å²) in [4.78, 5) is 0. The van der Waals surface area contributed by atoms with Gasteiger partial charge in [-0.25, -0.2) is 0 Å². The standard InChI is InChI=1S/C9H21NO2/c1-9(2,3)7-10-8(6-12)4-5-11/h8,10-12H,4-7H2,1-3H3. The van der Waals surface area contributed by atoms with Crippen LogP contribution in [0.5, 0.6) is 0 Å². The zero-order chi connectivity index (χ0) is 9.61. The number of aliphatic hydroxyl groups excluding tert-OH is 2. The van der Waals surface area contributed by atoms with E-state index in [1.165, 1.54) is 0 Å². The number of hydrogen-bond acceptors (Lipinski definition) is 3. The third-order valence-electron chi connectivity index (χ3n) is 1.62. The van der Waals surface area contributed by atoms with E-state index in [1.54, 1.807) is 0 Å². The fourth-order valence-electron chi connectivity index (χ4n) is 0.864. The quantitative estimate of drug-likeness (QED) is 0.565. The van der Waals surface area contributed by atoms with Crippen LogP contribution in [0, 0.1) is 5.41 Å². The highest BCUT2D eigenvalue weighted by molar-refractivity contribution is 4.71. The van der Waals surface area contributed by atoms with Crippen molar-refractivity contribution in [1.82, 2.24) is 5.32 Å². The Morgan fingerprint density at radius 2 is 1.83 bits per heavy atom. The van der Waals surface area contributed by atoms with Gasteiger partial charge in [-0.3, -0.25) is 0 Å². The minimum Gasteiger partial charge on any atom is -0.396 e. The first kappa shape index (κ1) is 11.9. The molecule has 0 aliphatic heterocycles. The molecule has 0 saturated heterocycles. The zero-order valence-corrected chi connectivity index (χ0v) is 8.30. The van der Waals surface area contributed by atoms with Crippen molar-refractivity contribution in [1.29, 1.82) is 0 Å². The maximum Gasteiger partial charge on any atom is 0.0585 e. The number of aliphatic hydroxyl groups is 2. The maximum absolute atomic E-state index is 8.88. The highest BCUT2D eigenvalue weighted by Gasteiger charge is 2.13. The Labute approximate surface area is 74.8 Å². The average molecular weight is 175 g/mol. The topological polar surface area (TPSA) is 52.5 Å². The minimum atomic E-state index is 0.0363. The van der Waals surface area contributed by atoms with Crippen molar-refractivity contribution in [2.75, 3.05) is 19.8 Å². The lowest BCUT2D eigenvalue weighted by Gasteiger charge is -2.23. The van der Waals surface area contributed by atoms with Crippen molar-refractivity contribution in [3.8, 4) is 0 Å². The first-order valence-electron chi connectivity index (χ1n) is 4.44. The summed E-state index contributed by atoms with van der Waals surface area (Å²) < 4.78 is 0. The Bertz CT molecular complexity index is 110. The predicted molar refractivity (Wildman–Crippen MR) is 50.0 cm³/mol. The molecule has 3 nitrogen and oxygen atoms in total. The van der Waals surface area contributed by atoms with Crippen LogP contribution in [-0.4, -0.2) is 36.0 Å². The molecule has 1 unspecified atom stereocenters. The van der Waals surface area contributed by atoms with Crippen molar-refractivity contribution < 1.29 is 10.2 Å². The van der Waals surface area contributed by atoms with Crippen LogP contribution in [0.4, 0.5) is 0 Å². The summed E-state index contributed by atoms with van der Waals surface area (Å²) in [5, 5.41) is 20.7. The van der Waals surface area contributed by atoms with Crippen molar-refractivity contribution in [2.24, 2.45) is 5.41 Å². The summed E-state index contributed by atoms with van der Waals surface area (Å²) in [7, 11) is 0. The summed E-state index contributed by atoms with van der Waals surface area (Å²) >= 11 is 0. The van der Waals surface area contributed by atoms with Crippen molar-refractivity contribution >= 4 is 0 Å². The molecule has 0 aliphatic rings. The molecule has 0 aromatic carbocycles. The van der Waals surface area contributed by atoms with Gasteiger partial charge in [-0.1, -0.05) is 20.8 Å². The highest BCUT2D eigenvalue weighted by Crippen LogP contribution is 2.10. The van der Waals surface area contributed by atoms with E-state index >= 15 is 0 Å². The molecule has 0 radical (unpaired) electrons. The van der Waals surface area contributed by atoms with Gasteiger partial charge in [0.2, 0.25) is 0 Å². The van der Waals surface area contributed by atoms with Gasteiger partial charge in [0.05, 0.1) is 6.61 Å². The fourth-order valence-corrected chi connectivity index (χ4v) is 0.864. The van der Waals surface area contributed by atoms with Gasteiger partial charge in [-0.15, -0.1) is 0 Å². The number of rotatable bonds is 5. The predicted octanol–water partition coefficient (Wildman–Crippen LogP) is 0.365. The molecule has 0 saturated carbocycles. The Morgan fingerprint density at radius 1 is 1.25 bits per heavy atom. The molecule has 0 aromatic heterocycles. The molecule has 0 bridgehead atoms. The molecule has 0 aliphatic carbocycles. The van der Waals surface area contributed by atoms with Gasteiger partial charge in [0.15, 0.2) is 0 Å². The number of nitrogens with one attached hydrogen (secondary N) is 1. The third kappa shape index (κ3) is 6.58. The van der Waals surface area contributed by atoms with Crippen molar-refractivity contribution in [3.05, 3.63) is 0 Å². The van der Waals surface area contributed by atoms with Gasteiger partial charge < -0.3 is 15.5 Å². The maximum atomic E-state index is 8.88. The monoisotopic (exact) mass is 175 g/mol. The first-order chi connectivity index (χ1) is 5.49. The van der Waals surface area contributed by atoms with Gasteiger partial charge in [0, 0.05) is 19.2 Å². The van der Waals surface area contributed by atoms with Gasteiger partial charge in [-0.2, -0.15) is 0 Å². The normalized spacial score (nSPS) is 14.8. The molecule has 0 rings (SSSR count). The number of hydrogen-bond donors (Lipinski definition) is 3. The largest absolute Gasteiger partial charge is 0.396 e. The van der Waals surface area contributed by atoms with E-state index in [9.17, 15) is 0 Å². The second kappa shape index (κ2) is 5.51. The molecule has 74 valence electrons. The Balaban J connectivity index is 3.58. The Kier molecular flexibility index (Phi) is 5.46. The molecule has 0 spiro atoms. The fraction of sp³-hybridized carbons (Fsp3) is 1.00. The van der Waals surface area contributed by atoms with Crippen molar-refractivity contribution in [3.63, 3.8) is 0 Å². The van der Waals surface area contributed by atoms with Crippen LogP contribution < -0.4 is 5.32 Å². The molecule has 1 atom stereocenters. The molecular weight excluding hydrogens is 154 g/mol. The van der Waals surface area contributed by atoms with Crippen LogP contribution >= 0.6 is 0 Å².